The summed E-state index contributed by atoms with van der Waals surface area (Å²) in [6.07, 6.45) is 2.57. The molecule has 1 aliphatic carbocycles. The number of aliphatic carboxylic acids is 1. The molecule has 0 bridgehead atoms. The van der Waals surface area contributed by atoms with Crippen LogP contribution in [0, 0.1) is 11.7 Å². The van der Waals surface area contributed by atoms with Gasteiger partial charge >= 0.3 is 5.97 Å². The summed E-state index contributed by atoms with van der Waals surface area (Å²) in [7, 11) is -4.09. The van der Waals surface area contributed by atoms with Crippen molar-refractivity contribution in [1.29, 1.82) is 0 Å². The molecule has 1 unspecified atom stereocenters. The SMILES string of the molecule is CC(=O)O.CC(=O)Oc1cc2c(s1)CCN(C(C(=O)C1CC1)c1ccccc1F)C2.O=S(=O)(O)c1ccc2ccccc2c1. The highest BCUT2D eigenvalue weighted by atomic mass is 32.2. The predicted octanol–water partition coefficient (Wildman–Crippen LogP) is 6.07. The van der Waals surface area contributed by atoms with Gasteiger partial charge in [-0.25, -0.2) is 4.39 Å². The van der Waals surface area contributed by atoms with E-state index in [4.69, 9.17) is 19.2 Å². The van der Waals surface area contributed by atoms with Crippen molar-refractivity contribution in [3.63, 3.8) is 0 Å². The van der Waals surface area contributed by atoms with E-state index < -0.39 is 22.1 Å². The van der Waals surface area contributed by atoms with Crippen LogP contribution in [0.25, 0.3) is 10.8 Å². The minimum absolute atomic E-state index is 0.0556. The van der Waals surface area contributed by atoms with Gasteiger partial charge < -0.3 is 9.84 Å². The van der Waals surface area contributed by atoms with Crippen LogP contribution in [0.15, 0.2) is 77.7 Å². The normalized spacial score (nSPS) is 15.1. The van der Waals surface area contributed by atoms with E-state index in [1.54, 1.807) is 30.3 Å². The van der Waals surface area contributed by atoms with E-state index in [0.29, 0.717) is 23.7 Å². The molecule has 4 aromatic rings. The molecule has 1 aromatic heterocycles. The number of hydrogen-bond acceptors (Lipinski definition) is 8. The highest BCUT2D eigenvalue weighted by Crippen LogP contribution is 2.41. The molecule has 1 atom stereocenters. The van der Waals surface area contributed by atoms with Gasteiger partial charge in [0.05, 0.1) is 10.9 Å². The summed E-state index contributed by atoms with van der Waals surface area (Å²) >= 11 is 1.47. The van der Waals surface area contributed by atoms with Crippen molar-refractivity contribution in [3.05, 3.63) is 94.6 Å². The molecule has 0 radical (unpaired) electrons. The number of thiophene rings is 1. The standard InChI is InChI=1S/C20H20FNO3S.C10H8O3S.C2H4O2/c1-12(23)25-18-10-14-11-22(9-8-17(14)26-18)19(20(24)13-6-7-13)15-4-2-3-5-16(15)21;11-14(12,13)10-6-5-8-3-1-2-4-9(8)7-10;1-2(3)4/h2-5,10,13,19H,6-9,11H2,1H3;1-7H,(H,11,12,13);1H3,(H,3,4). The third kappa shape index (κ3) is 8.79. The summed E-state index contributed by atoms with van der Waals surface area (Å²) < 4.78 is 50.1. The first-order valence-corrected chi connectivity index (χ1v) is 16.1. The molecule has 2 aliphatic rings. The largest absolute Gasteiger partial charge is 0.481 e. The fraction of sp³-hybridized carbons (Fsp3) is 0.281. The lowest BCUT2D eigenvalue weighted by Crippen LogP contribution is -2.38. The van der Waals surface area contributed by atoms with E-state index >= 15 is 0 Å². The summed E-state index contributed by atoms with van der Waals surface area (Å²) in [6, 6.07) is 19.7. The van der Waals surface area contributed by atoms with Crippen LogP contribution in [-0.2, 0) is 37.5 Å². The Morgan fingerprint density at radius 2 is 1.61 bits per heavy atom. The number of carbonyl (C=O) groups is 3. The van der Waals surface area contributed by atoms with E-state index in [1.165, 1.54) is 41.3 Å². The highest BCUT2D eigenvalue weighted by Gasteiger charge is 2.40. The van der Waals surface area contributed by atoms with Crippen LogP contribution >= 0.6 is 11.3 Å². The zero-order valence-corrected chi connectivity index (χ0v) is 25.7. The van der Waals surface area contributed by atoms with Gasteiger partial charge in [0.2, 0.25) is 0 Å². The van der Waals surface area contributed by atoms with E-state index in [-0.39, 0.29) is 28.4 Å². The van der Waals surface area contributed by atoms with Gasteiger partial charge in [-0.05, 0) is 59.9 Å². The van der Waals surface area contributed by atoms with Gasteiger partial charge in [0.25, 0.3) is 16.1 Å². The Labute approximate surface area is 258 Å². The molecule has 6 rings (SSSR count). The van der Waals surface area contributed by atoms with Crippen molar-refractivity contribution in [2.24, 2.45) is 5.92 Å². The number of fused-ring (bicyclic) bond motifs is 2. The van der Waals surface area contributed by atoms with Crippen molar-refractivity contribution in [2.75, 3.05) is 6.54 Å². The fourth-order valence-electron chi connectivity index (χ4n) is 4.89. The Morgan fingerprint density at radius 3 is 2.23 bits per heavy atom. The van der Waals surface area contributed by atoms with Crippen LogP contribution in [0.5, 0.6) is 5.06 Å². The van der Waals surface area contributed by atoms with Gasteiger partial charge in [0, 0.05) is 43.3 Å². The maximum atomic E-state index is 14.4. The zero-order valence-electron chi connectivity index (χ0n) is 24.1. The molecule has 2 N–H and O–H groups in total. The summed E-state index contributed by atoms with van der Waals surface area (Å²) in [4.78, 5) is 36.3. The number of ether oxygens (including phenoxy) is 1. The number of halogens is 1. The molecule has 1 saturated carbocycles. The molecule has 0 amide bonds. The van der Waals surface area contributed by atoms with Gasteiger partial charge in [0.1, 0.15) is 5.82 Å². The van der Waals surface area contributed by atoms with Crippen LogP contribution < -0.4 is 4.74 Å². The third-order valence-electron chi connectivity index (χ3n) is 6.95. The summed E-state index contributed by atoms with van der Waals surface area (Å²) in [5, 5.41) is 9.74. The van der Waals surface area contributed by atoms with E-state index in [2.05, 4.69) is 4.90 Å². The number of carboxylic acid groups (broad SMARTS) is 1. The van der Waals surface area contributed by atoms with Crippen molar-refractivity contribution >= 4 is 49.9 Å². The highest BCUT2D eigenvalue weighted by molar-refractivity contribution is 7.85. The quantitative estimate of drug-likeness (QED) is 0.190. The molecule has 44 heavy (non-hydrogen) atoms. The Balaban J connectivity index is 0.000000205. The molecule has 0 spiro atoms. The maximum Gasteiger partial charge on any atom is 0.308 e. The zero-order chi connectivity index (χ0) is 32.0. The number of benzene rings is 3. The number of rotatable bonds is 6. The average Bonchev–Trinajstić information content (AvgIpc) is 3.73. The Bertz CT molecular complexity index is 1780. The first kappa shape index (κ1) is 32.9. The second-order valence-corrected chi connectivity index (χ2v) is 13.0. The topological polar surface area (TPSA) is 138 Å². The molecule has 12 heteroatoms. The van der Waals surface area contributed by atoms with Crippen molar-refractivity contribution in [3.8, 4) is 5.06 Å². The third-order valence-corrected chi connectivity index (χ3v) is 8.92. The molecular formula is C32H32FNO8S2. The lowest BCUT2D eigenvalue weighted by molar-refractivity contribution is -0.134. The number of esters is 1. The summed E-state index contributed by atoms with van der Waals surface area (Å²) in [6.45, 7) is 3.71. The number of Topliss-reactive ketones (excluding diaryl/α,β-unsaturated/α-hetero) is 1. The van der Waals surface area contributed by atoms with Crippen LogP contribution in [0.2, 0.25) is 0 Å². The number of hydrogen-bond donors (Lipinski definition) is 2. The van der Waals surface area contributed by atoms with E-state index in [1.807, 2.05) is 24.3 Å². The second-order valence-electron chi connectivity index (χ2n) is 10.4. The van der Waals surface area contributed by atoms with Crippen LogP contribution in [-0.4, -0.2) is 47.2 Å². The molecule has 1 aliphatic heterocycles. The van der Waals surface area contributed by atoms with Gasteiger partial charge in [-0.3, -0.25) is 23.8 Å². The number of carbonyl (C=O) groups excluding carboxylic acids is 2. The molecular weight excluding hydrogens is 609 g/mol. The number of nitrogens with zero attached hydrogens (tertiary/aromatic N) is 1. The van der Waals surface area contributed by atoms with E-state index in [9.17, 15) is 22.4 Å². The average molecular weight is 642 g/mol. The fourth-order valence-corrected chi connectivity index (χ4v) is 6.45. The molecule has 1 fully saturated rings. The van der Waals surface area contributed by atoms with Crippen molar-refractivity contribution < 1.29 is 41.6 Å². The number of carboxylic acids is 1. The van der Waals surface area contributed by atoms with Gasteiger partial charge in [-0.1, -0.05) is 48.5 Å². The first-order chi connectivity index (χ1) is 20.8. The van der Waals surface area contributed by atoms with Crippen molar-refractivity contribution in [1.82, 2.24) is 4.90 Å². The Morgan fingerprint density at radius 1 is 0.977 bits per heavy atom. The van der Waals surface area contributed by atoms with Crippen LogP contribution in [0.3, 0.4) is 0 Å². The maximum absolute atomic E-state index is 14.4. The molecule has 3 aromatic carbocycles. The van der Waals surface area contributed by atoms with Crippen LogP contribution in [0.1, 0.15) is 48.7 Å². The van der Waals surface area contributed by atoms with Gasteiger partial charge in [-0.15, -0.1) is 11.3 Å². The summed E-state index contributed by atoms with van der Waals surface area (Å²) in [5.74, 6) is -1.33. The Kier molecular flexibility index (Phi) is 10.6. The molecule has 232 valence electrons. The van der Waals surface area contributed by atoms with Gasteiger partial charge in [-0.2, -0.15) is 8.42 Å². The smallest absolute Gasteiger partial charge is 0.308 e. The lowest BCUT2D eigenvalue weighted by atomic mass is 9.95. The molecule has 2 heterocycles. The second kappa shape index (κ2) is 14.2. The minimum Gasteiger partial charge on any atom is -0.481 e. The summed E-state index contributed by atoms with van der Waals surface area (Å²) in [5.41, 5.74) is 1.52. The molecule has 9 nitrogen and oxygen atoms in total. The van der Waals surface area contributed by atoms with Crippen molar-refractivity contribution in [2.45, 2.75) is 50.6 Å². The predicted molar refractivity (Wildman–Crippen MR) is 164 cm³/mol. The van der Waals surface area contributed by atoms with E-state index in [0.717, 1.165) is 42.5 Å². The molecule has 0 saturated heterocycles. The monoisotopic (exact) mass is 641 g/mol. The van der Waals surface area contributed by atoms with Crippen LogP contribution in [0.4, 0.5) is 4.39 Å². The minimum atomic E-state index is -4.09. The van der Waals surface area contributed by atoms with Gasteiger partial charge in [0.15, 0.2) is 10.8 Å². The lowest BCUT2D eigenvalue weighted by Gasteiger charge is -2.34. The Hall–Kier alpha value is -3.97. The first-order valence-electron chi connectivity index (χ1n) is 13.8. The number of ketones is 1.